The predicted molar refractivity (Wildman–Crippen MR) is 96.2 cm³/mol. The lowest BCUT2D eigenvalue weighted by Crippen LogP contribution is -2.27. The first-order valence-electron chi connectivity index (χ1n) is 8.00. The molecular formula is C16H18N6O2S. The Morgan fingerprint density at radius 2 is 1.88 bits per heavy atom. The predicted octanol–water partition coefficient (Wildman–Crippen LogP) is 2.31. The van der Waals surface area contributed by atoms with Crippen molar-refractivity contribution in [3.8, 4) is 0 Å². The number of nitrogens with one attached hydrogen (secondary N) is 3. The molecule has 0 atom stereocenters. The quantitative estimate of drug-likeness (QED) is 0.554. The van der Waals surface area contributed by atoms with Crippen LogP contribution in [0.1, 0.15) is 19.3 Å². The van der Waals surface area contributed by atoms with Crippen molar-refractivity contribution in [3.05, 3.63) is 36.5 Å². The van der Waals surface area contributed by atoms with Crippen molar-refractivity contribution >= 4 is 38.5 Å². The van der Waals surface area contributed by atoms with Crippen LogP contribution in [-0.2, 0) is 10.0 Å². The number of primary sulfonamides is 1. The van der Waals surface area contributed by atoms with Gasteiger partial charge in [-0.1, -0.05) is 0 Å². The summed E-state index contributed by atoms with van der Waals surface area (Å²) in [5.74, 6) is 1.22. The van der Waals surface area contributed by atoms with Crippen LogP contribution < -0.4 is 15.8 Å². The van der Waals surface area contributed by atoms with E-state index < -0.39 is 10.0 Å². The third-order valence-corrected chi connectivity index (χ3v) is 5.23. The second-order valence-corrected chi connectivity index (χ2v) is 7.66. The molecule has 0 amide bonds. The molecule has 0 saturated heterocycles. The highest BCUT2D eigenvalue weighted by molar-refractivity contribution is 7.89. The van der Waals surface area contributed by atoms with Crippen molar-refractivity contribution in [1.82, 2.24) is 15.0 Å². The molecule has 2 aromatic heterocycles. The molecule has 1 aliphatic rings. The minimum atomic E-state index is -3.70. The van der Waals surface area contributed by atoms with Crippen LogP contribution in [0.15, 0.2) is 41.4 Å². The lowest BCUT2D eigenvalue weighted by molar-refractivity contribution is 0.445. The van der Waals surface area contributed by atoms with E-state index in [-0.39, 0.29) is 4.90 Å². The second kappa shape index (κ2) is 6.01. The molecule has 1 aromatic carbocycles. The molecule has 3 aromatic rings. The van der Waals surface area contributed by atoms with Crippen molar-refractivity contribution in [1.29, 1.82) is 0 Å². The molecule has 9 heteroatoms. The van der Waals surface area contributed by atoms with Gasteiger partial charge in [-0.05, 0) is 49.6 Å². The highest BCUT2D eigenvalue weighted by Gasteiger charge is 2.19. The Balaban J connectivity index is 1.62. The van der Waals surface area contributed by atoms with Gasteiger partial charge in [0.15, 0.2) is 0 Å². The molecular weight excluding hydrogens is 340 g/mol. The van der Waals surface area contributed by atoms with Crippen LogP contribution in [0.3, 0.4) is 0 Å². The summed E-state index contributed by atoms with van der Waals surface area (Å²) in [6.45, 7) is 0. The summed E-state index contributed by atoms with van der Waals surface area (Å²) in [7, 11) is -3.70. The minimum Gasteiger partial charge on any atom is -0.367 e. The van der Waals surface area contributed by atoms with Crippen molar-refractivity contribution in [2.24, 2.45) is 5.14 Å². The van der Waals surface area contributed by atoms with E-state index in [0.29, 0.717) is 17.7 Å². The van der Waals surface area contributed by atoms with Crippen LogP contribution in [0.25, 0.3) is 11.0 Å². The fourth-order valence-corrected chi connectivity index (χ4v) is 3.23. The number of rotatable bonds is 5. The normalized spacial score (nSPS) is 15.1. The molecule has 1 saturated carbocycles. The maximum Gasteiger partial charge on any atom is 0.238 e. The third kappa shape index (κ3) is 3.28. The van der Waals surface area contributed by atoms with E-state index >= 15 is 0 Å². The van der Waals surface area contributed by atoms with Gasteiger partial charge in [0.25, 0.3) is 0 Å². The lowest BCUT2D eigenvalue weighted by Gasteiger charge is -2.27. The SMILES string of the molecule is NS(=O)(=O)c1ccc(Nc2nc(NC3CCC3)c3cc[nH]c3n2)cc1. The van der Waals surface area contributed by atoms with E-state index in [1.807, 2.05) is 12.3 Å². The first-order valence-corrected chi connectivity index (χ1v) is 9.55. The maximum atomic E-state index is 11.3. The van der Waals surface area contributed by atoms with Gasteiger partial charge >= 0.3 is 0 Å². The number of hydrogen-bond donors (Lipinski definition) is 4. The number of hydrogen-bond acceptors (Lipinski definition) is 6. The van der Waals surface area contributed by atoms with Crippen LogP contribution in [0.2, 0.25) is 0 Å². The summed E-state index contributed by atoms with van der Waals surface area (Å²) >= 11 is 0. The highest BCUT2D eigenvalue weighted by atomic mass is 32.2. The number of fused-ring (bicyclic) bond motifs is 1. The first kappa shape index (κ1) is 15.9. The number of sulfonamides is 1. The zero-order chi connectivity index (χ0) is 17.4. The van der Waals surface area contributed by atoms with E-state index in [1.54, 1.807) is 12.1 Å². The van der Waals surface area contributed by atoms with Gasteiger partial charge in [0, 0.05) is 17.9 Å². The standard InChI is InChI=1S/C16H18N6O2S/c17-25(23,24)12-6-4-11(5-7-12)20-16-21-14-13(8-9-18-14)15(22-16)19-10-2-1-3-10/h4-10H,1-3H2,(H2,17,23,24)(H3,18,19,20,21,22). The monoisotopic (exact) mass is 358 g/mol. The molecule has 4 rings (SSSR count). The van der Waals surface area contributed by atoms with Gasteiger partial charge in [-0.15, -0.1) is 0 Å². The first-order chi connectivity index (χ1) is 12.0. The van der Waals surface area contributed by atoms with E-state index in [9.17, 15) is 8.42 Å². The molecule has 0 bridgehead atoms. The number of nitrogens with two attached hydrogens (primary N) is 1. The van der Waals surface area contributed by atoms with Crippen LogP contribution in [0.5, 0.6) is 0 Å². The average Bonchev–Trinajstić information content (AvgIpc) is 2.99. The molecule has 2 heterocycles. The molecule has 0 spiro atoms. The van der Waals surface area contributed by atoms with E-state index in [4.69, 9.17) is 5.14 Å². The van der Waals surface area contributed by atoms with Crippen molar-refractivity contribution in [3.63, 3.8) is 0 Å². The summed E-state index contributed by atoms with van der Waals surface area (Å²) in [6.07, 6.45) is 5.36. The van der Waals surface area contributed by atoms with Crippen LogP contribution in [-0.4, -0.2) is 29.4 Å². The van der Waals surface area contributed by atoms with E-state index in [2.05, 4.69) is 25.6 Å². The number of nitrogens with zero attached hydrogens (tertiary/aromatic N) is 2. The number of aromatic amines is 1. The molecule has 1 fully saturated rings. The Morgan fingerprint density at radius 3 is 2.52 bits per heavy atom. The molecule has 0 unspecified atom stereocenters. The Bertz CT molecular complexity index is 1010. The summed E-state index contributed by atoms with van der Waals surface area (Å²) in [4.78, 5) is 12.2. The van der Waals surface area contributed by atoms with Gasteiger partial charge in [0.1, 0.15) is 11.5 Å². The largest absolute Gasteiger partial charge is 0.367 e. The fourth-order valence-electron chi connectivity index (χ4n) is 2.71. The summed E-state index contributed by atoms with van der Waals surface area (Å²) in [5, 5.41) is 12.6. The zero-order valence-corrected chi connectivity index (χ0v) is 14.2. The van der Waals surface area contributed by atoms with Crippen LogP contribution in [0.4, 0.5) is 17.5 Å². The van der Waals surface area contributed by atoms with E-state index in [0.717, 1.165) is 29.7 Å². The molecule has 130 valence electrons. The molecule has 8 nitrogen and oxygen atoms in total. The van der Waals surface area contributed by atoms with Gasteiger partial charge < -0.3 is 15.6 Å². The maximum absolute atomic E-state index is 11.3. The van der Waals surface area contributed by atoms with Crippen molar-refractivity contribution in [2.75, 3.05) is 10.6 Å². The molecule has 25 heavy (non-hydrogen) atoms. The van der Waals surface area contributed by atoms with Crippen LogP contribution >= 0.6 is 0 Å². The van der Waals surface area contributed by atoms with Gasteiger partial charge in [-0.3, -0.25) is 0 Å². The Labute approximate surface area is 144 Å². The third-order valence-electron chi connectivity index (χ3n) is 4.30. The minimum absolute atomic E-state index is 0.0612. The Morgan fingerprint density at radius 1 is 1.12 bits per heavy atom. The Kier molecular flexibility index (Phi) is 3.81. The van der Waals surface area contributed by atoms with Gasteiger partial charge in [0.05, 0.1) is 10.3 Å². The highest BCUT2D eigenvalue weighted by Crippen LogP contribution is 2.28. The topological polar surface area (TPSA) is 126 Å². The van der Waals surface area contributed by atoms with Gasteiger partial charge in [-0.25, -0.2) is 13.6 Å². The Hall–Kier alpha value is -2.65. The molecule has 1 aliphatic carbocycles. The molecule has 5 N–H and O–H groups in total. The summed E-state index contributed by atoms with van der Waals surface area (Å²) in [5.41, 5.74) is 1.41. The number of anilines is 3. The molecule has 0 aliphatic heterocycles. The van der Waals surface area contributed by atoms with Gasteiger partial charge in [-0.2, -0.15) is 9.97 Å². The van der Waals surface area contributed by atoms with Crippen molar-refractivity contribution in [2.45, 2.75) is 30.2 Å². The average molecular weight is 358 g/mol. The molecule has 0 radical (unpaired) electrons. The van der Waals surface area contributed by atoms with Crippen LogP contribution in [0, 0.1) is 0 Å². The second-order valence-electron chi connectivity index (χ2n) is 6.10. The lowest BCUT2D eigenvalue weighted by atomic mass is 9.93. The summed E-state index contributed by atoms with van der Waals surface area (Å²) in [6, 6.07) is 8.54. The van der Waals surface area contributed by atoms with Gasteiger partial charge in [0.2, 0.25) is 16.0 Å². The number of aromatic nitrogens is 3. The summed E-state index contributed by atoms with van der Waals surface area (Å²) < 4.78 is 22.6. The zero-order valence-electron chi connectivity index (χ0n) is 13.4. The fraction of sp³-hybridized carbons (Fsp3) is 0.250. The van der Waals surface area contributed by atoms with E-state index in [1.165, 1.54) is 18.6 Å². The van der Waals surface area contributed by atoms with Crippen molar-refractivity contribution < 1.29 is 8.42 Å². The number of benzene rings is 1. The smallest absolute Gasteiger partial charge is 0.238 e. The number of H-pyrrole nitrogens is 1.